The second-order valence-electron chi connectivity index (χ2n) is 7.20. The van der Waals surface area contributed by atoms with E-state index in [0.29, 0.717) is 6.54 Å². The molecule has 5 nitrogen and oxygen atoms in total. The number of hydrogen-bond acceptors (Lipinski definition) is 3. The van der Waals surface area contributed by atoms with Gasteiger partial charge in [0, 0.05) is 50.0 Å². The molecule has 1 aliphatic heterocycles. The fourth-order valence-corrected chi connectivity index (χ4v) is 3.85. The Labute approximate surface area is 181 Å². The molecule has 0 bridgehead atoms. The molecule has 2 heterocycles. The Bertz CT molecular complexity index is 933. The Hall–Kier alpha value is -2.41. The molecule has 0 atom stereocenters. The molecule has 0 spiro atoms. The van der Waals surface area contributed by atoms with Crippen molar-refractivity contribution in [2.45, 2.75) is 13.1 Å². The minimum absolute atomic E-state index is 0.698. The maximum absolute atomic E-state index is 5.94. The quantitative estimate of drug-likeness (QED) is 0.623. The molecule has 1 N–H and O–H groups in total. The van der Waals surface area contributed by atoms with Crippen molar-refractivity contribution in [3.63, 3.8) is 0 Å². The first-order valence-corrected chi connectivity index (χ1v) is 10.5. The van der Waals surface area contributed by atoms with Gasteiger partial charge in [0.1, 0.15) is 0 Å². The van der Waals surface area contributed by atoms with Crippen LogP contribution in [0.2, 0.25) is 5.02 Å². The monoisotopic (exact) mass is 425 g/mol. The SMILES string of the molecule is S=C(Nc1ccn(Cc2ccc(Cl)cc2)n1)N1CCN(Cc2ccccc2)CC1. The van der Waals surface area contributed by atoms with Crippen molar-refractivity contribution in [2.75, 3.05) is 31.5 Å². The van der Waals surface area contributed by atoms with Gasteiger partial charge in [0.15, 0.2) is 10.9 Å². The van der Waals surface area contributed by atoms with Crippen molar-refractivity contribution in [3.05, 3.63) is 83.0 Å². The molecule has 4 rings (SSSR count). The third-order valence-corrected chi connectivity index (χ3v) is 5.65. The molecule has 0 radical (unpaired) electrons. The highest BCUT2D eigenvalue weighted by atomic mass is 35.5. The summed E-state index contributed by atoms with van der Waals surface area (Å²) in [5.74, 6) is 0.774. The van der Waals surface area contributed by atoms with E-state index in [2.05, 4.69) is 50.5 Å². The molecular weight excluding hydrogens is 402 g/mol. The fourth-order valence-electron chi connectivity index (χ4n) is 3.43. The molecule has 7 heteroatoms. The highest BCUT2D eigenvalue weighted by molar-refractivity contribution is 7.80. The first-order valence-electron chi connectivity index (χ1n) is 9.76. The number of halogens is 1. The van der Waals surface area contributed by atoms with Gasteiger partial charge in [0.25, 0.3) is 0 Å². The van der Waals surface area contributed by atoms with Crippen LogP contribution >= 0.6 is 23.8 Å². The molecule has 1 fully saturated rings. The third-order valence-electron chi connectivity index (χ3n) is 5.04. The van der Waals surface area contributed by atoms with Crippen molar-refractivity contribution in [1.82, 2.24) is 19.6 Å². The van der Waals surface area contributed by atoms with Gasteiger partial charge in [0.2, 0.25) is 0 Å². The summed E-state index contributed by atoms with van der Waals surface area (Å²) < 4.78 is 1.89. The average molecular weight is 426 g/mol. The van der Waals surface area contributed by atoms with Crippen LogP contribution in [0.1, 0.15) is 11.1 Å². The molecule has 1 aliphatic rings. The minimum atomic E-state index is 0.698. The van der Waals surface area contributed by atoms with Crippen LogP contribution in [-0.4, -0.2) is 50.9 Å². The van der Waals surface area contributed by atoms with Gasteiger partial charge in [-0.15, -0.1) is 0 Å². The lowest BCUT2D eigenvalue weighted by atomic mass is 10.2. The van der Waals surface area contributed by atoms with Gasteiger partial charge in [-0.1, -0.05) is 54.1 Å². The zero-order valence-electron chi connectivity index (χ0n) is 16.2. The lowest BCUT2D eigenvalue weighted by Gasteiger charge is -2.36. The van der Waals surface area contributed by atoms with Gasteiger partial charge in [-0.3, -0.25) is 9.58 Å². The van der Waals surface area contributed by atoms with Crippen LogP contribution in [0, 0.1) is 0 Å². The summed E-state index contributed by atoms with van der Waals surface area (Å²) in [6, 6.07) is 20.4. The number of nitrogens with one attached hydrogen (secondary N) is 1. The zero-order valence-corrected chi connectivity index (χ0v) is 17.7. The number of benzene rings is 2. The number of piperazine rings is 1. The zero-order chi connectivity index (χ0) is 20.1. The average Bonchev–Trinajstić information content (AvgIpc) is 3.18. The summed E-state index contributed by atoms with van der Waals surface area (Å²) in [7, 11) is 0. The van der Waals surface area contributed by atoms with Crippen molar-refractivity contribution in [3.8, 4) is 0 Å². The lowest BCUT2D eigenvalue weighted by molar-refractivity contribution is 0.177. The number of rotatable bonds is 5. The third kappa shape index (κ3) is 5.56. The first-order chi connectivity index (χ1) is 14.2. The number of thiocarbonyl (C=S) groups is 1. The predicted molar refractivity (Wildman–Crippen MR) is 122 cm³/mol. The molecule has 1 aromatic heterocycles. The molecule has 2 aromatic carbocycles. The van der Waals surface area contributed by atoms with E-state index in [1.807, 2.05) is 41.2 Å². The molecule has 0 unspecified atom stereocenters. The second kappa shape index (κ2) is 9.39. The van der Waals surface area contributed by atoms with Gasteiger partial charge in [0.05, 0.1) is 6.54 Å². The normalized spacial score (nSPS) is 14.7. The van der Waals surface area contributed by atoms with Gasteiger partial charge in [-0.25, -0.2) is 0 Å². The van der Waals surface area contributed by atoms with E-state index in [0.717, 1.165) is 54.2 Å². The molecule has 1 saturated heterocycles. The topological polar surface area (TPSA) is 36.3 Å². The number of anilines is 1. The maximum Gasteiger partial charge on any atom is 0.174 e. The van der Waals surface area contributed by atoms with E-state index in [4.69, 9.17) is 23.8 Å². The van der Waals surface area contributed by atoms with Crippen LogP contribution in [0.3, 0.4) is 0 Å². The van der Waals surface area contributed by atoms with E-state index in [1.54, 1.807) is 0 Å². The maximum atomic E-state index is 5.94. The standard InChI is InChI=1S/C22H24ClN5S/c23-20-8-6-19(7-9-20)17-28-11-10-21(25-28)24-22(29)27-14-12-26(13-15-27)16-18-4-2-1-3-5-18/h1-11H,12-17H2,(H,24,25,29). The highest BCUT2D eigenvalue weighted by Crippen LogP contribution is 2.13. The Morgan fingerprint density at radius 3 is 2.31 bits per heavy atom. The van der Waals surface area contributed by atoms with Crippen molar-refractivity contribution in [1.29, 1.82) is 0 Å². The van der Waals surface area contributed by atoms with Crippen LogP contribution in [0.5, 0.6) is 0 Å². The Balaban J connectivity index is 1.26. The van der Waals surface area contributed by atoms with Gasteiger partial charge < -0.3 is 10.2 Å². The Morgan fingerprint density at radius 2 is 1.59 bits per heavy atom. The second-order valence-corrected chi connectivity index (χ2v) is 8.03. The smallest absolute Gasteiger partial charge is 0.174 e. The number of hydrogen-bond donors (Lipinski definition) is 1. The first kappa shape index (κ1) is 19.9. The molecule has 0 aliphatic carbocycles. The van der Waals surface area contributed by atoms with E-state index in [1.165, 1.54) is 5.56 Å². The molecule has 29 heavy (non-hydrogen) atoms. The fraction of sp³-hybridized carbons (Fsp3) is 0.273. The van der Waals surface area contributed by atoms with E-state index in [9.17, 15) is 0 Å². The Morgan fingerprint density at radius 1 is 0.897 bits per heavy atom. The predicted octanol–water partition coefficient (Wildman–Crippen LogP) is 4.10. The van der Waals surface area contributed by atoms with Crippen LogP contribution in [0.25, 0.3) is 0 Å². The number of aromatic nitrogens is 2. The van der Waals surface area contributed by atoms with Gasteiger partial charge in [-0.05, 0) is 35.5 Å². The van der Waals surface area contributed by atoms with Gasteiger partial charge in [-0.2, -0.15) is 5.10 Å². The minimum Gasteiger partial charge on any atom is -0.346 e. The molecular formula is C22H24ClN5S. The summed E-state index contributed by atoms with van der Waals surface area (Å²) in [5, 5.41) is 9.34. The number of nitrogens with zero attached hydrogens (tertiary/aromatic N) is 4. The summed E-state index contributed by atoms with van der Waals surface area (Å²) in [6.07, 6.45) is 1.96. The van der Waals surface area contributed by atoms with Gasteiger partial charge >= 0.3 is 0 Å². The van der Waals surface area contributed by atoms with Crippen molar-refractivity contribution in [2.24, 2.45) is 0 Å². The molecule has 3 aromatic rings. The lowest BCUT2D eigenvalue weighted by Crippen LogP contribution is -2.49. The van der Waals surface area contributed by atoms with Crippen LogP contribution in [0.4, 0.5) is 5.82 Å². The summed E-state index contributed by atoms with van der Waals surface area (Å²) >= 11 is 11.6. The van der Waals surface area contributed by atoms with Crippen LogP contribution < -0.4 is 5.32 Å². The molecule has 150 valence electrons. The van der Waals surface area contributed by atoms with Crippen molar-refractivity contribution < 1.29 is 0 Å². The van der Waals surface area contributed by atoms with Crippen molar-refractivity contribution >= 4 is 34.7 Å². The molecule has 0 saturated carbocycles. The van der Waals surface area contributed by atoms with Crippen LogP contribution in [-0.2, 0) is 13.1 Å². The van der Waals surface area contributed by atoms with E-state index in [-0.39, 0.29) is 0 Å². The van der Waals surface area contributed by atoms with Crippen LogP contribution in [0.15, 0.2) is 66.9 Å². The molecule has 0 amide bonds. The van der Waals surface area contributed by atoms with E-state index >= 15 is 0 Å². The van der Waals surface area contributed by atoms with E-state index < -0.39 is 0 Å². The largest absolute Gasteiger partial charge is 0.346 e. The summed E-state index contributed by atoms with van der Waals surface area (Å²) in [5.41, 5.74) is 2.51. The summed E-state index contributed by atoms with van der Waals surface area (Å²) in [4.78, 5) is 4.68. The highest BCUT2D eigenvalue weighted by Gasteiger charge is 2.19. The summed E-state index contributed by atoms with van der Waals surface area (Å²) in [6.45, 7) is 5.53. The Kier molecular flexibility index (Phi) is 6.44.